The maximum atomic E-state index is 11.8. The molecule has 1 heterocycles. The Morgan fingerprint density at radius 3 is 2.48 bits per heavy atom. The molecule has 1 amide bonds. The molecule has 0 saturated heterocycles. The molecular formula is C13H17N3O5. The second-order valence-corrected chi connectivity index (χ2v) is 5.25. The number of carbonyl (C=O) groups excluding carboxylic acids is 1. The van der Waals surface area contributed by atoms with Crippen molar-refractivity contribution < 1.29 is 14.7 Å². The van der Waals surface area contributed by atoms with Gasteiger partial charge in [-0.2, -0.15) is 0 Å². The minimum absolute atomic E-state index is 0.145. The van der Waals surface area contributed by atoms with Crippen LogP contribution in [-0.2, 0) is 4.79 Å². The van der Waals surface area contributed by atoms with E-state index in [-0.39, 0.29) is 17.4 Å². The van der Waals surface area contributed by atoms with Gasteiger partial charge in [-0.25, -0.2) is 4.79 Å². The van der Waals surface area contributed by atoms with E-state index in [4.69, 9.17) is 5.11 Å². The Morgan fingerprint density at radius 1 is 1.24 bits per heavy atom. The van der Waals surface area contributed by atoms with Crippen molar-refractivity contribution in [3.05, 3.63) is 32.6 Å². The van der Waals surface area contributed by atoms with Crippen molar-refractivity contribution in [2.75, 3.05) is 6.54 Å². The van der Waals surface area contributed by atoms with Gasteiger partial charge >= 0.3 is 11.7 Å². The molecule has 1 fully saturated rings. The Hall–Kier alpha value is -2.38. The number of amides is 1. The van der Waals surface area contributed by atoms with Crippen LogP contribution in [0.1, 0.15) is 36.0 Å². The van der Waals surface area contributed by atoms with E-state index in [1.807, 2.05) is 4.98 Å². The van der Waals surface area contributed by atoms with Crippen LogP contribution < -0.4 is 16.6 Å². The molecule has 0 unspecified atom stereocenters. The predicted octanol–water partition coefficient (Wildman–Crippen LogP) is -0.316. The Labute approximate surface area is 119 Å². The van der Waals surface area contributed by atoms with E-state index in [1.165, 1.54) is 0 Å². The summed E-state index contributed by atoms with van der Waals surface area (Å²) in [6.07, 6.45) is 3.76. The van der Waals surface area contributed by atoms with Crippen LogP contribution in [0.2, 0.25) is 0 Å². The van der Waals surface area contributed by atoms with Crippen LogP contribution in [0.4, 0.5) is 0 Å². The third kappa shape index (κ3) is 3.80. The average molecular weight is 295 g/mol. The summed E-state index contributed by atoms with van der Waals surface area (Å²) in [5.41, 5.74) is -1.54. The van der Waals surface area contributed by atoms with Gasteiger partial charge in [0.15, 0.2) is 0 Å². The summed E-state index contributed by atoms with van der Waals surface area (Å²) >= 11 is 0. The van der Waals surface area contributed by atoms with Crippen LogP contribution in [0.5, 0.6) is 0 Å². The lowest BCUT2D eigenvalue weighted by Gasteiger charge is -2.26. The van der Waals surface area contributed by atoms with Gasteiger partial charge in [0.2, 0.25) is 0 Å². The van der Waals surface area contributed by atoms with Gasteiger partial charge < -0.3 is 15.4 Å². The first-order chi connectivity index (χ1) is 9.97. The molecule has 0 aliphatic heterocycles. The molecule has 1 aromatic rings. The zero-order valence-electron chi connectivity index (χ0n) is 11.3. The van der Waals surface area contributed by atoms with Crippen molar-refractivity contribution in [1.82, 2.24) is 15.3 Å². The van der Waals surface area contributed by atoms with Crippen molar-refractivity contribution in [2.24, 2.45) is 11.8 Å². The van der Waals surface area contributed by atoms with Crippen molar-refractivity contribution >= 4 is 11.9 Å². The summed E-state index contributed by atoms with van der Waals surface area (Å²) < 4.78 is 0. The fourth-order valence-corrected chi connectivity index (χ4v) is 2.52. The lowest BCUT2D eigenvalue weighted by Crippen LogP contribution is -2.36. The van der Waals surface area contributed by atoms with E-state index >= 15 is 0 Å². The van der Waals surface area contributed by atoms with Crippen molar-refractivity contribution in [1.29, 1.82) is 0 Å². The molecule has 0 aromatic carbocycles. The van der Waals surface area contributed by atoms with Crippen LogP contribution in [0.15, 0.2) is 15.8 Å². The molecule has 4 N–H and O–H groups in total. The molecule has 21 heavy (non-hydrogen) atoms. The number of carboxylic acid groups (broad SMARTS) is 1. The molecule has 8 nitrogen and oxygen atoms in total. The molecule has 0 bridgehead atoms. The summed E-state index contributed by atoms with van der Waals surface area (Å²) in [6.45, 7) is 0.393. The first kappa shape index (κ1) is 15.0. The highest BCUT2D eigenvalue weighted by Crippen LogP contribution is 2.28. The SMILES string of the molecule is O=C(NCC1CCC(C(=O)O)CC1)c1c[nH]c(=O)[nH]c1=O. The largest absolute Gasteiger partial charge is 0.481 e. The summed E-state index contributed by atoms with van der Waals surface area (Å²) in [6, 6.07) is 0. The van der Waals surface area contributed by atoms with Gasteiger partial charge in [-0.15, -0.1) is 0 Å². The zero-order chi connectivity index (χ0) is 15.4. The van der Waals surface area contributed by atoms with Crippen LogP contribution in [0, 0.1) is 11.8 Å². The summed E-state index contributed by atoms with van der Waals surface area (Å²) in [5, 5.41) is 11.6. The van der Waals surface area contributed by atoms with E-state index in [2.05, 4.69) is 10.3 Å². The van der Waals surface area contributed by atoms with Crippen molar-refractivity contribution in [2.45, 2.75) is 25.7 Å². The number of nitrogens with one attached hydrogen (secondary N) is 3. The highest BCUT2D eigenvalue weighted by Gasteiger charge is 2.26. The molecule has 1 saturated carbocycles. The number of aliphatic carboxylic acids is 1. The second-order valence-electron chi connectivity index (χ2n) is 5.25. The quantitative estimate of drug-likeness (QED) is 0.604. The monoisotopic (exact) mass is 295 g/mol. The number of H-pyrrole nitrogens is 2. The van der Waals surface area contributed by atoms with E-state index in [0.29, 0.717) is 19.4 Å². The maximum absolute atomic E-state index is 11.8. The second kappa shape index (κ2) is 6.38. The van der Waals surface area contributed by atoms with Gasteiger partial charge in [0.05, 0.1) is 5.92 Å². The number of hydrogen-bond acceptors (Lipinski definition) is 4. The Kier molecular flexibility index (Phi) is 4.56. The van der Waals surface area contributed by atoms with E-state index < -0.39 is 23.1 Å². The standard InChI is InChI=1S/C13H17N3O5/c17-10(9-6-15-13(21)16-11(9)18)14-5-7-1-3-8(4-2-7)12(19)20/h6-8H,1-5H2,(H,14,17)(H,19,20)(H2,15,16,18,21). The van der Waals surface area contributed by atoms with Gasteiger partial charge in [0.25, 0.3) is 11.5 Å². The molecule has 1 aromatic heterocycles. The minimum Gasteiger partial charge on any atom is -0.481 e. The third-order valence-corrected chi connectivity index (χ3v) is 3.81. The zero-order valence-corrected chi connectivity index (χ0v) is 11.3. The van der Waals surface area contributed by atoms with E-state index in [9.17, 15) is 19.2 Å². The first-order valence-corrected chi connectivity index (χ1v) is 6.80. The molecular weight excluding hydrogens is 278 g/mol. The number of carboxylic acids is 1. The Morgan fingerprint density at radius 2 is 1.90 bits per heavy atom. The summed E-state index contributed by atoms with van der Waals surface area (Å²) in [4.78, 5) is 49.2. The average Bonchev–Trinajstić information content (AvgIpc) is 2.45. The fraction of sp³-hybridized carbons (Fsp3) is 0.538. The number of aromatic amines is 2. The minimum atomic E-state index is -0.766. The lowest BCUT2D eigenvalue weighted by molar-refractivity contribution is -0.143. The number of aromatic nitrogens is 2. The van der Waals surface area contributed by atoms with Crippen LogP contribution >= 0.6 is 0 Å². The van der Waals surface area contributed by atoms with E-state index in [0.717, 1.165) is 19.0 Å². The molecule has 1 aliphatic rings. The van der Waals surface area contributed by atoms with Gasteiger partial charge in [0.1, 0.15) is 5.56 Å². The van der Waals surface area contributed by atoms with Crippen molar-refractivity contribution in [3.8, 4) is 0 Å². The van der Waals surface area contributed by atoms with Crippen LogP contribution in [-0.4, -0.2) is 33.5 Å². The summed E-state index contributed by atoms with van der Waals surface area (Å²) in [7, 11) is 0. The van der Waals surface area contributed by atoms with Gasteiger partial charge in [-0.1, -0.05) is 0 Å². The normalized spacial score (nSPS) is 21.7. The highest BCUT2D eigenvalue weighted by atomic mass is 16.4. The predicted molar refractivity (Wildman–Crippen MR) is 73.1 cm³/mol. The molecule has 114 valence electrons. The Balaban J connectivity index is 1.86. The van der Waals surface area contributed by atoms with E-state index in [1.54, 1.807) is 0 Å². The molecule has 1 aliphatic carbocycles. The molecule has 0 spiro atoms. The van der Waals surface area contributed by atoms with Gasteiger partial charge in [-0.05, 0) is 31.6 Å². The first-order valence-electron chi connectivity index (χ1n) is 6.80. The topological polar surface area (TPSA) is 132 Å². The highest BCUT2D eigenvalue weighted by molar-refractivity contribution is 5.93. The fourth-order valence-electron chi connectivity index (χ4n) is 2.52. The molecule has 2 rings (SSSR count). The summed E-state index contributed by atoms with van der Waals surface area (Å²) in [5.74, 6) is -1.39. The van der Waals surface area contributed by atoms with Crippen molar-refractivity contribution in [3.63, 3.8) is 0 Å². The number of rotatable bonds is 4. The molecule has 0 atom stereocenters. The van der Waals surface area contributed by atoms with Crippen LogP contribution in [0.25, 0.3) is 0 Å². The number of hydrogen-bond donors (Lipinski definition) is 4. The maximum Gasteiger partial charge on any atom is 0.325 e. The van der Waals surface area contributed by atoms with Gasteiger partial charge in [-0.3, -0.25) is 19.4 Å². The Bertz CT molecular complexity index is 640. The third-order valence-electron chi connectivity index (χ3n) is 3.81. The molecule has 0 radical (unpaired) electrons. The van der Waals surface area contributed by atoms with Gasteiger partial charge in [0, 0.05) is 12.7 Å². The smallest absolute Gasteiger partial charge is 0.325 e. The van der Waals surface area contributed by atoms with Crippen LogP contribution in [0.3, 0.4) is 0 Å². The number of carbonyl (C=O) groups is 2. The lowest BCUT2D eigenvalue weighted by atomic mass is 9.82. The molecule has 8 heteroatoms.